The Bertz CT molecular complexity index is 791. The first-order valence-electron chi connectivity index (χ1n) is 7.46. The van der Waals surface area contributed by atoms with Gasteiger partial charge >= 0.3 is 0 Å². The molecule has 1 atom stereocenters. The normalized spacial score (nSPS) is 16.9. The molecule has 1 heterocycles. The molecule has 7 nitrogen and oxygen atoms in total. The number of nitro benzene ring substituents is 1. The fourth-order valence-corrected chi connectivity index (χ4v) is 2.75. The summed E-state index contributed by atoms with van der Waals surface area (Å²) in [7, 11) is 0. The smallest absolute Gasteiger partial charge is 0.282 e. The highest BCUT2D eigenvalue weighted by atomic mass is 16.6. The Balaban J connectivity index is 1.73. The average Bonchev–Trinajstić information content (AvgIpc) is 2.96. The maximum Gasteiger partial charge on any atom is 0.282 e. The summed E-state index contributed by atoms with van der Waals surface area (Å²) >= 11 is 0. The van der Waals surface area contributed by atoms with E-state index >= 15 is 0 Å². The van der Waals surface area contributed by atoms with Crippen LogP contribution in [0, 0.1) is 10.1 Å². The molecule has 24 heavy (non-hydrogen) atoms. The monoisotopic (exact) mass is 325 g/mol. The van der Waals surface area contributed by atoms with Crippen LogP contribution in [0.25, 0.3) is 0 Å². The van der Waals surface area contributed by atoms with Gasteiger partial charge in [0, 0.05) is 24.7 Å². The number of benzene rings is 2. The lowest BCUT2D eigenvalue weighted by Crippen LogP contribution is -2.37. The number of rotatable bonds is 4. The topological polar surface area (TPSA) is 92.6 Å². The first kappa shape index (κ1) is 15.7. The molecule has 1 aliphatic heterocycles. The number of hydrogen-bond donors (Lipinski definition) is 1. The Labute approximate surface area is 138 Å². The molecule has 2 aromatic carbocycles. The number of carbonyl (C=O) groups excluding carboxylic acids is 2. The Morgan fingerprint density at radius 1 is 1.12 bits per heavy atom. The third-order valence-corrected chi connectivity index (χ3v) is 3.87. The van der Waals surface area contributed by atoms with Crippen molar-refractivity contribution >= 4 is 23.2 Å². The lowest BCUT2D eigenvalue weighted by molar-refractivity contribution is -0.385. The molecule has 0 bridgehead atoms. The van der Waals surface area contributed by atoms with Gasteiger partial charge in [0.1, 0.15) is 5.56 Å². The van der Waals surface area contributed by atoms with E-state index in [1.54, 1.807) is 11.0 Å². The van der Waals surface area contributed by atoms with Gasteiger partial charge in [0.15, 0.2) is 0 Å². The standard InChI is InChI=1S/C17H15N3O4/c21-16-10-12(11-19(16)13-6-2-1-3-7-13)18-17(22)14-8-4-5-9-15(14)20(23)24/h1-9,12H,10-11H2,(H,18,22)/t12-/m0/s1. The maximum absolute atomic E-state index is 12.3. The van der Waals surface area contributed by atoms with Crippen molar-refractivity contribution in [3.8, 4) is 0 Å². The molecule has 2 aromatic rings. The highest BCUT2D eigenvalue weighted by Crippen LogP contribution is 2.22. The molecule has 0 spiro atoms. The highest BCUT2D eigenvalue weighted by Gasteiger charge is 2.32. The zero-order chi connectivity index (χ0) is 17.1. The van der Waals surface area contributed by atoms with E-state index in [-0.39, 0.29) is 29.6 Å². The largest absolute Gasteiger partial charge is 0.347 e. The maximum atomic E-state index is 12.3. The minimum atomic E-state index is -0.592. The Hall–Kier alpha value is -3.22. The van der Waals surface area contributed by atoms with Crippen molar-refractivity contribution in [1.29, 1.82) is 0 Å². The summed E-state index contributed by atoms with van der Waals surface area (Å²) in [6.07, 6.45) is 0.168. The fraction of sp³-hybridized carbons (Fsp3) is 0.176. The fourth-order valence-electron chi connectivity index (χ4n) is 2.75. The van der Waals surface area contributed by atoms with Gasteiger partial charge in [-0.3, -0.25) is 19.7 Å². The van der Waals surface area contributed by atoms with Crippen molar-refractivity contribution in [3.05, 3.63) is 70.3 Å². The molecule has 1 saturated heterocycles. The molecule has 0 aromatic heterocycles. The molecule has 0 unspecified atom stereocenters. The van der Waals surface area contributed by atoms with Gasteiger partial charge < -0.3 is 10.2 Å². The van der Waals surface area contributed by atoms with Crippen molar-refractivity contribution in [1.82, 2.24) is 5.32 Å². The van der Waals surface area contributed by atoms with E-state index < -0.39 is 10.8 Å². The third-order valence-electron chi connectivity index (χ3n) is 3.87. The van der Waals surface area contributed by atoms with Crippen LogP contribution in [0.5, 0.6) is 0 Å². The minimum Gasteiger partial charge on any atom is -0.347 e. The summed E-state index contributed by atoms with van der Waals surface area (Å²) in [5.74, 6) is -0.635. The van der Waals surface area contributed by atoms with Crippen molar-refractivity contribution < 1.29 is 14.5 Å². The van der Waals surface area contributed by atoms with E-state index in [0.717, 1.165) is 5.69 Å². The molecule has 2 amide bonds. The predicted octanol–water partition coefficient (Wildman–Crippen LogP) is 2.13. The summed E-state index contributed by atoms with van der Waals surface area (Å²) in [5, 5.41) is 13.7. The molecule has 0 saturated carbocycles. The number of carbonyl (C=O) groups is 2. The van der Waals surface area contributed by atoms with Crippen LogP contribution in [0.4, 0.5) is 11.4 Å². The molecule has 0 aliphatic carbocycles. The van der Waals surface area contributed by atoms with Crippen molar-refractivity contribution in [3.63, 3.8) is 0 Å². The first-order chi connectivity index (χ1) is 11.6. The number of nitrogens with one attached hydrogen (secondary N) is 1. The van der Waals surface area contributed by atoms with Crippen LogP contribution in [-0.2, 0) is 4.79 Å². The Morgan fingerprint density at radius 3 is 2.50 bits per heavy atom. The third kappa shape index (κ3) is 3.10. The van der Waals surface area contributed by atoms with Crippen LogP contribution in [0.1, 0.15) is 16.8 Å². The number of nitro groups is 1. The number of hydrogen-bond acceptors (Lipinski definition) is 4. The Kier molecular flexibility index (Phi) is 4.24. The van der Waals surface area contributed by atoms with Gasteiger partial charge in [-0.1, -0.05) is 30.3 Å². The van der Waals surface area contributed by atoms with Gasteiger partial charge in [-0.05, 0) is 18.2 Å². The molecule has 1 fully saturated rings. The lowest BCUT2D eigenvalue weighted by Gasteiger charge is -2.17. The summed E-state index contributed by atoms with van der Waals surface area (Å²) in [5.41, 5.74) is 0.511. The lowest BCUT2D eigenvalue weighted by atomic mass is 10.1. The molecule has 3 rings (SSSR count). The first-order valence-corrected chi connectivity index (χ1v) is 7.46. The molecule has 1 aliphatic rings. The second-order valence-corrected chi connectivity index (χ2v) is 5.49. The van der Waals surface area contributed by atoms with Crippen molar-refractivity contribution in [2.45, 2.75) is 12.5 Å². The van der Waals surface area contributed by atoms with E-state index in [1.807, 2.05) is 30.3 Å². The van der Waals surface area contributed by atoms with Gasteiger partial charge in [0.2, 0.25) is 5.91 Å². The van der Waals surface area contributed by atoms with E-state index in [4.69, 9.17) is 0 Å². The van der Waals surface area contributed by atoms with Crippen LogP contribution in [0.3, 0.4) is 0 Å². The van der Waals surface area contributed by atoms with Crippen LogP contribution >= 0.6 is 0 Å². The predicted molar refractivity (Wildman–Crippen MR) is 87.8 cm³/mol. The average molecular weight is 325 g/mol. The van der Waals surface area contributed by atoms with Crippen LogP contribution in [0.15, 0.2) is 54.6 Å². The van der Waals surface area contributed by atoms with E-state index in [1.165, 1.54) is 18.2 Å². The molecular weight excluding hydrogens is 310 g/mol. The van der Waals surface area contributed by atoms with Gasteiger partial charge in [-0.2, -0.15) is 0 Å². The van der Waals surface area contributed by atoms with Crippen LogP contribution in [-0.4, -0.2) is 29.3 Å². The van der Waals surface area contributed by atoms with Gasteiger partial charge in [0.25, 0.3) is 11.6 Å². The quantitative estimate of drug-likeness (QED) is 0.688. The summed E-state index contributed by atoms with van der Waals surface area (Å²) in [4.78, 5) is 36.5. The molecule has 1 N–H and O–H groups in total. The number of amides is 2. The minimum absolute atomic E-state index is 0.00638. The van der Waals surface area contributed by atoms with Crippen LogP contribution in [0.2, 0.25) is 0 Å². The Morgan fingerprint density at radius 2 is 1.79 bits per heavy atom. The van der Waals surface area contributed by atoms with Crippen molar-refractivity contribution in [2.24, 2.45) is 0 Å². The second kappa shape index (κ2) is 6.49. The molecule has 0 radical (unpaired) electrons. The summed E-state index contributed by atoms with van der Waals surface area (Å²) < 4.78 is 0. The summed E-state index contributed by atoms with van der Waals surface area (Å²) in [6.45, 7) is 0.342. The van der Waals surface area contributed by atoms with Gasteiger partial charge in [0.05, 0.1) is 11.0 Å². The van der Waals surface area contributed by atoms with Gasteiger partial charge in [-0.15, -0.1) is 0 Å². The number of nitrogens with zero attached hydrogens (tertiary/aromatic N) is 2. The zero-order valence-electron chi connectivity index (χ0n) is 12.7. The summed E-state index contributed by atoms with van der Waals surface area (Å²) in [6, 6.07) is 14.5. The van der Waals surface area contributed by atoms with Crippen molar-refractivity contribution in [2.75, 3.05) is 11.4 Å². The second-order valence-electron chi connectivity index (χ2n) is 5.49. The van der Waals surface area contributed by atoms with E-state index in [0.29, 0.717) is 6.54 Å². The number of para-hydroxylation sites is 2. The molecule has 7 heteroatoms. The number of anilines is 1. The van der Waals surface area contributed by atoms with Gasteiger partial charge in [-0.25, -0.2) is 0 Å². The van der Waals surface area contributed by atoms with Crippen LogP contribution < -0.4 is 10.2 Å². The van der Waals surface area contributed by atoms with E-state index in [2.05, 4.69) is 5.32 Å². The highest BCUT2D eigenvalue weighted by molar-refractivity contribution is 6.00. The SMILES string of the molecule is O=C(N[C@H]1CC(=O)N(c2ccccc2)C1)c1ccccc1[N+](=O)[O-]. The molecular formula is C17H15N3O4. The zero-order valence-corrected chi connectivity index (χ0v) is 12.7. The van der Waals surface area contributed by atoms with E-state index in [9.17, 15) is 19.7 Å². The molecule has 122 valence electrons.